The second kappa shape index (κ2) is 5.46. The summed E-state index contributed by atoms with van der Waals surface area (Å²) in [6, 6.07) is 8.26. The zero-order valence-corrected chi connectivity index (χ0v) is 9.82. The minimum atomic E-state index is -0.402. The summed E-state index contributed by atoms with van der Waals surface area (Å²) < 4.78 is 2.03. The maximum atomic E-state index is 9.14. The van der Waals surface area contributed by atoms with Crippen molar-refractivity contribution in [1.82, 2.24) is 9.55 Å². The lowest BCUT2D eigenvalue weighted by atomic mass is 10.1. The highest BCUT2D eigenvalue weighted by atomic mass is 16.3. The number of aliphatic hydroxyl groups excluding tert-OH is 1. The molecular formula is C14H16N2O. The van der Waals surface area contributed by atoms with E-state index in [1.807, 2.05) is 29.0 Å². The van der Waals surface area contributed by atoms with Crippen molar-refractivity contribution < 1.29 is 5.11 Å². The van der Waals surface area contributed by atoms with Crippen LogP contribution in [0.25, 0.3) is 6.08 Å². The first kappa shape index (κ1) is 11.6. The molecule has 88 valence electrons. The van der Waals surface area contributed by atoms with Gasteiger partial charge in [-0.25, -0.2) is 4.98 Å². The molecule has 3 nitrogen and oxygen atoms in total. The van der Waals surface area contributed by atoms with Gasteiger partial charge in [-0.3, -0.25) is 0 Å². The summed E-state index contributed by atoms with van der Waals surface area (Å²) in [6.45, 7) is 2.57. The predicted octanol–water partition coefficient (Wildman–Crippen LogP) is 2.33. The molecular weight excluding hydrogens is 212 g/mol. The van der Waals surface area contributed by atoms with E-state index in [2.05, 4.69) is 17.1 Å². The summed E-state index contributed by atoms with van der Waals surface area (Å²) >= 11 is 0. The molecule has 0 aliphatic carbocycles. The molecule has 0 bridgehead atoms. The Hall–Kier alpha value is -1.87. The second-order valence-corrected chi connectivity index (χ2v) is 4.08. The zero-order valence-electron chi connectivity index (χ0n) is 9.82. The Morgan fingerprint density at radius 2 is 2.12 bits per heavy atom. The molecule has 1 atom stereocenters. The van der Waals surface area contributed by atoms with Crippen LogP contribution in [0.3, 0.4) is 0 Å². The number of benzene rings is 1. The van der Waals surface area contributed by atoms with Crippen molar-refractivity contribution in [2.24, 2.45) is 0 Å². The van der Waals surface area contributed by atoms with E-state index in [1.165, 1.54) is 5.56 Å². The lowest BCUT2D eigenvalue weighted by Crippen LogP contribution is -1.96. The van der Waals surface area contributed by atoms with E-state index in [1.54, 1.807) is 25.5 Å². The van der Waals surface area contributed by atoms with Gasteiger partial charge in [0, 0.05) is 18.9 Å². The third-order valence-electron chi connectivity index (χ3n) is 2.47. The molecule has 0 spiro atoms. The summed E-state index contributed by atoms with van der Waals surface area (Å²) in [5.41, 5.74) is 2.33. The van der Waals surface area contributed by atoms with Gasteiger partial charge in [-0.1, -0.05) is 36.4 Å². The van der Waals surface area contributed by atoms with Crippen LogP contribution in [0.1, 0.15) is 18.1 Å². The number of rotatable bonds is 4. The fourth-order valence-corrected chi connectivity index (χ4v) is 1.58. The predicted molar refractivity (Wildman–Crippen MR) is 68.5 cm³/mol. The molecule has 0 radical (unpaired) electrons. The van der Waals surface area contributed by atoms with Gasteiger partial charge in [-0.2, -0.15) is 0 Å². The Kier molecular flexibility index (Phi) is 3.73. The molecule has 2 aromatic rings. The first-order chi connectivity index (χ1) is 8.24. The van der Waals surface area contributed by atoms with E-state index in [0.29, 0.717) is 0 Å². The molecule has 0 aliphatic heterocycles. The third-order valence-corrected chi connectivity index (χ3v) is 2.47. The fraction of sp³-hybridized carbons (Fsp3) is 0.214. The maximum absolute atomic E-state index is 9.14. The summed E-state index contributed by atoms with van der Waals surface area (Å²) in [6.07, 6.45) is 8.82. The monoisotopic (exact) mass is 228 g/mol. The molecule has 2 rings (SSSR count). The SMILES string of the molecule is CC(O)C=Cc1ccc(Cn2ccnc2)cc1. The van der Waals surface area contributed by atoms with E-state index >= 15 is 0 Å². The number of imidazole rings is 1. The molecule has 0 saturated heterocycles. The average molecular weight is 228 g/mol. The van der Waals surface area contributed by atoms with Gasteiger partial charge in [0.15, 0.2) is 0 Å². The number of nitrogens with zero attached hydrogens (tertiary/aromatic N) is 2. The Morgan fingerprint density at radius 1 is 1.35 bits per heavy atom. The van der Waals surface area contributed by atoms with Gasteiger partial charge in [-0.05, 0) is 18.1 Å². The van der Waals surface area contributed by atoms with Crippen LogP contribution in [-0.2, 0) is 6.54 Å². The number of hydrogen-bond acceptors (Lipinski definition) is 2. The van der Waals surface area contributed by atoms with Gasteiger partial charge < -0.3 is 9.67 Å². The maximum Gasteiger partial charge on any atom is 0.0949 e. The first-order valence-corrected chi connectivity index (χ1v) is 5.65. The molecule has 3 heteroatoms. The van der Waals surface area contributed by atoms with Crippen molar-refractivity contribution in [3.05, 3.63) is 60.2 Å². The minimum absolute atomic E-state index is 0.402. The van der Waals surface area contributed by atoms with Crippen LogP contribution in [-0.4, -0.2) is 20.8 Å². The van der Waals surface area contributed by atoms with Crippen LogP contribution in [0.15, 0.2) is 49.1 Å². The largest absolute Gasteiger partial charge is 0.389 e. The van der Waals surface area contributed by atoms with Gasteiger partial charge >= 0.3 is 0 Å². The summed E-state index contributed by atoms with van der Waals surface area (Å²) in [4.78, 5) is 4.01. The van der Waals surface area contributed by atoms with E-state index < -0.39 is 6.10 Å². The normalized spacial score (nSPS) is 13.1. The van der Waals surface area contributed by atoms with Crippen molar-refractivity contribution in [2.75, 3.05) is 0 Å². The average Bonchev–Trinajstić information content (AvgIpc) is 2.81. The Labute approximate surface area is 101 Å². The lowest BCUT2D eigenvalue weighted by Gasteiger charge is -2.03. The summed E-state index contributed by atoms with van der Waals surface area (Å²) in [5.74, 6) is 0. The Balaban J connectivity index is 2.03. The van der Waals surface area contributed by atoms with Crippen molar-refractivity contribution in [3.63, 3.8) is 0 Å². The van der Waals surface area contributed by atoms with Gasteiger partial charge in [0.1, 0.15) is 0 Å². The smallest absolute Gasteiger partial charge is 0.0949 e. The molecule has 1 aromatic carbocycles. The molecule has 1 unspecified atom stereocenters. The topological polar surface area (TPSA) is 38.0 Å². The molecule has 1 aromatic heterocycles. The fourth-order valence-electron chi connectivity index (χ4n) is 1.58. The molecule has 1 N–H and O–H groups in total. The third kappa shape index (κ3) is 3.57. The highest BCUT2D eigenvalue weighted by Crippen LogP contribution is 2.08. The first-order valence-electron chi connectivity index (χ1n) is 5.65. The van der Waals surface area contributed by atoms with Crippen LogP contribution in [0.5, 0.6) is 0 Å². The highest BCUT2D eigenvalue weighted by Gasteiger charge is 1.94. The van der Waals surface area contributed by atoms with Gasteiger partial charge in [-0.15, -0.1) is 0 Å². The second-order valence-electron chi connectivity index (χ2n) is 4.08. The zero-order chi connectivity index (χ0) is 12.1. The standard InChI is InChI=1S/C14H16N2O/c1-12(17)2-3-13-4-6-14(7-5-13)10-16-9-8-15-11-16/h2-9,11-12,17H,10H2,1H3. The van der Waals surface area contributed by atoms with Crippen LogP contribution in [0, 0.1) is 0 Å². The van der Waals surface area contributed by atoms with Gasteiger partial charge in [0.2, 0.25) is 0 Å². The van der Waals surface area contributed by atoms with Gasteiger partial charge in [0.25, 0.3) is 0 Å². The molecule has 0 aliphatic rings. The number of aromatic nitrogens is 2. The van der Waals surface area contributed by atoms with Crippen LogP contribution < -0.4 is 0 Å². The molecule has 17 heavy (non-hydrogen) atoms. The van der Waals surface area contributed by atoms with E-state index in [9.17, 15) is 0 Å². The van der Waals surface area contributed by atoms with Crippen LogP contribution >= 0.6 is 0 Å². The quantitative estimate of drug-likeness (QED) is 0.872. The van der Waals surface area contributed by atoms with Crippen molar-refractivity contribution in [2.45, 2.75) is 19.6 Å². The van der Waals surface area contributed by atoms with Crippen LogP contribution in [0.4, 0.5) is 0 Å². The van der Waals surface area contributed by atoms with E-state index in [4.69, 9.17) is 5.11 Å². The van der Waals surface area contributed by atoms with Crippen molar-refractivity contribution >= 4 is 6.08 Å². The summed E-state index contributed by atoms with van der Waals surface area (Å²) in [7, 11) is 0. The molecule has 1 heterocycles. The minimum Gasteiger partial charge on any atom is -0.389 e. The Morgan fingerprint density at radius 3 is 2.71 bits per heavy atom. The van der Waals surface area contributed by atoms with Crippen molar-refractivity contribution in [3.8, 4) is 0 Å². The summed E-state index contributed by atoms with van der Waals surface area (Å²) in [5, 5.41) is 9.14. The molecule has 0 saturated carbocycles. The molecule has 0 fully saturated rings. The van der Waals surface area contributed by atoms with Gasteiger partial charge in [0.05, 0.1) is 12.4 Å². The van der Waals surface area contributed by atoms with Crippen molar-refractivity contribution in [1.29, 1.82) is 0 Å². The van der Waals surface area contributed by atoms with E-state index in [-0.39, 0.29) is 0 Å². The number of hydrogen-bond donors (Lipinski definition) is 1. The molecule has 0 amide bonds. The van der Waals surface area contributed by atoms with Crippen LogP contribution in [0.2, 0.25) is 0 Å². The number of aliphatic hydroxyl groups is 1. The van der Waals surface area contributed by atoms with E-state index in [0.717, 1.165) is 12.1 Å². The lowest BCUT2D eigenvalue weighted by molar-refractivity contribution is 0.245. The Bertz CT molecular complexity index is 469. The highest BCUT2D eigenvalue weighted by molar-refractivity contribution is 5.50.